The molecule has 0 aliphatic heterocycles. The van der Waals surface area contributed by atoms with E-state index in [2.05, 4.69) is 4.84 Å². The number of carbonyl (C=O) groups is 2. The summed E-state index contributed by atoms with van der Waals surface area (Å²) in [4.78, 5) is 27.4. The molecule has 0 aromatic heterocycles. The Hall–Kier alpha value is -2.82. The van der Waals surface area contributed by atoms with Gasteiger partial charge >= 0.3 is 6.16 Å². The van der Waals surface area contributed by atoms with Crippen LogP contribution in [-0.2, 0) is 16.2 Å². The molecule has 0 spiro atoms. The van der Waals surface area contributed by atoms with Gasteiger partial charge in [-0.15, -0.1) is 0 Å². The fourth-order valence-electron chi connectivity index (χ4n) is 1.48. The van der Waals surface area contributed by atoms with Crippen molar-refractivity contribution in [3.8, 4) is 0 Å². The van der Waals surface area contributed by atoms with Crippen LogP contribution in [0.3, 0.4) is 0 Å². The third-order valence-corrected chi connectivity index (χ3v) is 2.46. The van der Waals surface area contributed by atoms with E-state index in [4.69, 9.17) is 4.74 Å². The summed E-state index contributed by atoms with van der Waals surface area (Å²) in [6.45, 7) is 0.0842. The SMILES string of the molecule is O=C(OCc1ccccc1)ONC(=O)c1ccccc1. The molecule has 0 atom stereocenters. The van der Waals surface area contributed by atoms with Crippen LogP contribution in [0.15, 0.2) is 60.7 Å². The van der Waals surface area contributed by atoms with E-state index in [0.29, 0.717) is 5.56 Å². The average molecular weight is 271 g/mol. The number of carbonyl (C=O) groups excluding carboxylic acids is 2. The Bertz CT molecular complexity index is 569. The molecule has 0 heterocycles. The van der Waals surface area contributed by atoms with E-state index >= 15 is 0 Å². The molecular formula is C15H13NO4. The summed E-state index contributed by atoms with van der Waals surface area (Å²) in [7, 11) is 0. The van der Waals surface area contributed by atoms with Crippen LogP contribution in [0, 0.1) is 0 Å². The van der Waals surface area contributed by atoms with E-state index in [0.717, 1.165) is 5.56 Å². The number of rotatable bonds is 3. The van der Waals surface area contributed by atoms with Crippen molar-refractivity contribution in [2.24, 2.45) is 0 Å². The van der Waals surface area contributed by atoms with Crippen molar-refractivity contribution in [2.45, 2.75) is 6.61 Å². The maximum Gasteiger partial charge on any atom is 0.533 e. The van der Waals surface area contributed by atoms with Gasteiger partial charge in [0.05, 0.1) is 0 Å². The van der Waals surface area contributed by atoms with E-state index in [-0.39, 0.29) is 6.61 Å². The minimum Gasteiger partial charge on any atom is -0.428 e. The van der Waals surface area contributed by atoms with Gasteiger partial charge in [0.15, 0.2) is 0 Å². The van der Waals surface area contributed by atoms with Gasteiger partial charge in [0.2, 0.25) is 0 Å². The van der Waals surface area contributed by atoms with Gasteiger partial charge in [-0.1, -0.05) is 48.5 Å². The first-order chi connectivity index (χ1) is 9.75. The molecule has 102 valence electrons. The van der Waals surface area contributed by atoms with Crippen LogP contribution in [-0.4, -0.2) is 12.1 Å². The molecule has 0 radical (unpaired) electrons. The van der Waals surface area contributed by atoms with Crippen LogP contribution < -0.4 is 5.48 Å². The van der Waals surface area contributed by atoms with Crippen molar-refractivity contribution in [1.82, 2.24) is 5.48 Å². The monoisotopic (exact) mass is 271 g/mol. The zero-order valence-corrected chi connectivity index (χ0v) is 10.6. The highest BCUT2D eigenvalue weighted by Crippen LogP contribution is 2.02. The Morgan fingerprint density at radius 2 is 1.50 bits per heavy atom. The molecule has 0 saturated carbocycles. The second-order valence-corrected chi connectivity index (χ2v) is 3.92. The molecule has 0 fully saturated rings. The maximum atomic E-state index is 11.6. The van der Waals surface area contributed by atoms with Crippen molar-refractivity contribution in [2.75, 3.05) is 0 Å². The molecule has 0 aliphatic carbocycles. The second-order valence-electron chi connectivity index (χ2n) is 3.92. The zero-order valence-electron chi connectivity index (χ0n) is 10.6. The third kappa shape index (κ3) is 4.13. The fourth-order valence-corrected chi connectivity index (χ4v) is 1.48. The van der Waals surface area contributed by atoms with E-state index in [1.165, 1.54) is 0 Å². The first-order valence-corrected chi connectivity index (χ1v) is 5.98. The number of hydrogen-bond acceptors (Lipinski definition) is 4. The number of nitrogens with one attached hydrogen (secondary N) is 1. The lowest BCUT2D eigenvalue weighted by molar-refractivity contribution is 0.0121. The molecule has 0 saturated heterocycles. The molecule has 0 aliphatic rings. The van der Waals surface area contributed by atoms with Crippen molar-refractivity contribution in [3.63, 3.8) is 0 Å². The molecular weight excluding hydrogens is 258 g/mol. The number of ether oxygens (including phenoxy) is 1. The van der Waals surface area contributed by atoms with Crippen LogP contribution >= 0.6 is 0 Å². The molecule has 5 nitrogen and oxygen atoms in total. The average Bonchev–Trinajstić information content (AvgIpc) is 2.52. The first kappa shape index (κ1) is 13.6. The van der Waals surface area contributed by atoms with Gasteiger partial charge < -0.3 is 9.57 Å². The second kappa shape index (κ2) is 6.94. The Kier molecular flexibility index (Phi) is 4.72. The van der Waals surface area contributed by atoms with Crippen molar-refractivity contribution >= 4 is 12.1 Å². The molecule has 2 aromatic rings. The zero-order chi connectivity index (χ0) is 14.2. The van der Waals surface area contributed by atoms with Gasteiger partial charge in [0.25, 0.3) is 5.91 Å². The highest BCUT2D eigenvalue weighted by molar-refractivity contribution is 5.93. The minimum atomic E-state index is -0.960. The highest BCUT2D eigenvalue weighted by atomic mass is 16.8. The molecule has 1 N–H and O–H groups in total. The summed E-state index contributed by atoms with van der Waals surface area (Å²) in [6, 6.07) is 17.6. The molecule has 0 unspecified atom stereocenters. The highest BCUT2D eigenvalue weighted by Gasteiger charge is 2.09. The van der Waals surface area contributed by atoms with Crippen LogP contribution in [0.2, 0.25) is 0 Å². The van der Waals surface area contributed by atoms with Gasteiger partial charge in [0, 0.05) is 5.56 Å². The summed E-state index contributed by atoms with van der Waals surface area (Å²) in [5, 5.41) is 0. The van der Waals surface area contributed by atoms with E-state index in [9.17, 15) is 9.59 Å². The Balaban J connectivity index is 1.74. The molecule has 2 rings (SSSR count). The van der Waals surface area contributed by atoms with Gasteiger partial charge in [-0.3, -0.25) is 4.79 Å². The lowest BCUT2D eigenvalue weighted by Gasteiger charge is -2.06. The van der Waals surface area contributed by atoms with Gasteiger partial charge in [-0.25, -0.2) is 4.79 Å². The Morgan fingerprint density at radius 1 is 0.900 bits per heavy atom. The molecule has 2 aromatic carbocycles. The largest absolute Gasteiger partial charge is 0.533 e. The van der Waals surface area contributed by atoms with E-state index < -0.39 is 12.1 Å². The smallest absolute Gasteiger partial charge is 0.428 e. The molecule has 5 heteroatoms. The number of benzene rings is 2. The number of amides is 1. The van der Waals surface area contributed by atoms with Crippen LogP contribution in [0.5, 0.6) is 0 Å². The van der Waals surface area contributed by atoms with Gasteiger partial charge in [0.1, 0.15) is 6.61 Å². The Morgan fingerprint density at radius 3 is 2.15 bits per heavy atom. The topological polar surface area (TPSA) is 64.6 Å². The standard InChI is InChI=1S/C15H13NO4/c17-14(13-9-5-2-6-10-13)16-20-15(18)19-11-12-7-3-1-4-8-12/h1-10H,11H2,(H,16,17). The third-order valence-electron chi connectivity index (χ3n) is 2.46. The van der Waals surface area contributed by atoms with Gasteiger partial charge in [-0.2, -0.15) is 5.48 Å². The molecule has 0 bridgehead atoms. The summed E-state index contributed by atoms with van der Waals surface area (Å²) in [5.74, 6) is -0.512. The number of hydrogen-bond donors (Lipinski definition) is 1. The van der Waals surface area contributed by atoms with E-state index in [1.807, 2.05) is 35.8 Å². The van der Waals surface area contributed by atoms with Crippen molar-refractivity contribution in [1.29, 1.82) is 0 Å². The van der Waals surface area contributed by atoms with Crippen LogP contribution in [0.4, 0.5) is 4.79 Å². The molecule has 20 heavy (non-hydrogen) atoms. The fraction of sp³-hybridized carbons (Fsp3) is 0.0667. The van der Waals surface area contributed by atoms with Crippen molar-refractivity contribution in [3.05, 3.63) is 71.8 Å². The van der Waals surface area contributed by atoms with Crippen LogP contribution in [0.1, 0.15) is 15.9 Å². The lowest BCUT2D eigenvalue weighted by atomic mass is 10.2. The van der Waals surface area contributed by atoms with E-state index in [1.54, 1.807) is 30.3 Å². The predicted octanol–water partition coefficient (Wildman–Crippen LogP) is 2.68. The summed E-state index contributed by atoms with van der Waals surface area (Å²) < 4.78 is 4.84. The maximum absolute atomic E-state index is 11.6. The quantitative estimate of drug-likeness (QED) is 0.688. The first-order valence-electron chi connectivity index (χ1n) is 5.98. The number of hydroxylamine groups is 1. The molecule has 1 amide bonds. The Labute approximate surface area is 116 Å². The summed E-state index contributed by atoms with van der Waals surface area (Å²) in [5.41, 5.74) is 3.25. The normalized spacial score (nSPS) is 9.60. The summed E-state index contributed by atoms with van der Waals surface area (Å²) in [6.07, 6.45) is -0.960. The minimum absolute atomic E-state index is 0.0842. The van der Waals surface area contributed by atoms with Crippen molar-refractivity contribution < 1.29 is 19.2 Å². The predicted molar refractivity (Wildman–Crippen MR) is 71.6 cm³/mol. The van der Waals surface area contributed by atoms with Gasteiger partial charge in [-0.05, 0) is 17.7 Å². The van der Waals surface area contributed by atoms with Crippen LogP contribution in [0.25, 0.3) is 0 Å². The summed E-state index contributed by atoms with van der Waals surface area (Å²) >= 11 is 0. The lowest BCUT2D eigenvalue weighted by Crippen LogP contribution is -2.27.